The van der Waals surface area contributed by atoms with Crippen LogP contribution >= 0.6 is 11.8 Å². The Kier molecular flexibility index (Phi) is 5.75. The van der Waals surface area contributed by atoms with Gasteiger partial charge in [0.05, 0.1) is 12.8 Å². The van der Waals surface area contributed by atoms with Crippen molar-refractivity contribution in [2.24, 2.45) is 4.99 Å². The summed E-state index contributed by atoms with van der Waals surface area (Å²) in [5.74, 6) is 1.46. The van der Waals surface area contributed by atoms with Crippen LogP contribution < -0.4 is 4.74 Å². The molecule has 126 valence electrons. The SMILES string of the molecule is COc1cccc(C=Nc2ccc(CSc3ccccc3)cc2)c1O. The molecule has 25 heavy (non-hydrogen) atoms. The van der Waals surface area contributed by atoms with E-state index in [2.05, 4.69) is 29.3 Å². The van der Waals surface area contributed by atoms with Crippen molar-refractivity contribution in [1.29, 1.82) is 0 Å². The van der Waals surface area contributed by atoms with Gasteiger partial charge in [0.25, 0.3) is 0 Å². The molecule has 3 rings (SSSR count). The summed E-state index contributed by atoms with van der Waals surface area (Å²) in [7, 11) is 1.53. The zero-order valence-electron chi connectivity index (χ0n) is 13.9. The Balaban J connectivity index is 1.64. The molecule has 0 heterocycles. The number of thioether (sulfide) groups is 1. The number of nitrogens with zero attached hydrogens (tertiary/aromatic N) is 1. The Morgan fingerprint density at radius 1 is 0.960 bits per heavy atom. The van der Waals surface area contributed by atoms with Crippen molar-refractivity contribution < 1.29 is 9.84 Å². The predicted octanol–water partition coefficient (Wildman–Crippen LogP) is 5.44. The molecule has 0 bridgehead atoms. The van der Waals surface area contributed by atoms with Gasteiger partial charge < -0.3 is 9.84 Å². The summed E-state index contributed by atoms with van der Waals surface area (Å²) < 4.78 is 5.10. The van der Waals surface area contributed by atoms with Crippen LogP contribution in [0.5, 0.6) is 11.5 Å². The largest absolute Gasteiger partial charge is 0.504 e. The van der Waals surface area contributed by atoms with E-state index in [1.807, 2.05) is 48.2 Å². The lowest BCUT2D eigenvalue weighted by molar-refractivity contribution is 0.373. The van der Waals surface area contributed by atoms with Gasteiger partial charge in [-0.25, -0.2) is 0 Å². The fourth-order valence-electron chi connectivity index (χ4n) is 2.31. The summed E-state index contributed by atoms with van der Waals surface area (Å²) in [6, 6.07) is 23.8. The van der Waals surface area contributed by atoms with E-state index in [4.69, 9.17) is 4.74 Å². The van der Waals surface area contributed by atoms with E-state index < -0.39 is 0 Å². The summed E-state index contributed by atoms with van der Waals surface area (Å²) >= 11 is 1.81. The topological polar surface area (TPSA) is 41.8 Å². The van der Waals surface area contributed by atoms with Crippen molar-refractivity contribution in [3.63, 3.8) is 0 Å². The normalized spacial score (nSPS) is 10.9. The molecule has 0 fully saturated rings. The zero-order chi connectivity index (χ0) is 17.5. The molecule has 0 saturated carbocycles. The molecule has 0 saturated heterocycles. The Morgan fingerprint density at radius 3 is 2.44 bits per heavy atom. The van der Waals surface area contributed by atoms with Crippen LogP contribution in [0.3, 0.4) is 0 Å². The van der Waals surface area contributed by atoms with Crippen LogP contribution in [0.2, 0.25) is 0 Å². The molecule has 3 aromatic carbocycles. The highest BCUT2D eigenvalue weighted by atomic mass is 32.2. The first-order valence-corrected chi connectivity index (χ1v) is 8.91. The molecule has 0 aromatic heterocycles. The number of ether oxygens (including phenoxy) is 1. The first-order chi connectivity index (χ1) is 12.3. The maximum absolute atomic E-state index is 10.1. The quantitative estimate of drug-likeness (QED) is 0.476. The van der Waals surface area contributed by atoms with Crippen LogP contribution in [0, 0.1) is 0 Å². The number of aromatic hydroxyl groups is 1. The average Bonchev–Trinajstić information content (AvgIpc) is 2.67. The van der Waals surface area contributed by atoms with Gasteiger partial charge in [-0.15, -0.1) is 11.8 Å². The average molecular weight is 349 g/mol. The molecule has 0 spiro atoms. The fraction of sp³-hybridized carbons (Fsp3) is 0.0952. The molecule has 0 aliphatic rings. The number of aliphatic imine (C=N–C) groups is 1. The van der Waals surface area contributed by atoms with Gasteiger partial charge in [0.15, 0.2) is 11.5 Å². The fourth-order valence-corrected chi connectivity index (χ4v) is 3.19. The summed E-state index contributed by atoms with van der Waals surface area (Å²) in [6.45, 7) is 0. The number of hydrogen-bond acceptors (Lipinski definition) is 4. The number of hydrogen-bond donors (Lipinski definition) is 1. The number of rotatable bonds is 6. The van der Waals surface area contributed by atoms with Crippen LogP contribution in [0.4, 0.5) is 5.69 Å². The number of phenols is 1. The van der Waals surface area contributed by atoms with E-state index in [9.17, 15) is 5.11 Å². The van der Waals surface area contributed by atoms with E-state index in [1.165, 1.54) is 17.6 Å². The third kappa shape index (κ3) is 4.64. The smallest absolute Gasteiger partial charge is 0.166 e. The molecule has 0 atom stereocenters. The minimum absolute atomic E-state index is 0.102. The van der Waals surface area contributed by atoms with Crippen LogP contribution in [0.15, 0.2) is 82.7 Å². The lowest BCUT2D eigenvalue weighted by atomic mass is 10.2. The summed E-state index contributed by atoms with van der Waals surface area (Å²) in [4.78, 5) is 5.69. The Morgan fingerprint density at radius 2 is 1.72 bits per heavy atom. The van der Waals surface area contributed by atoms with Crippen LogP contribution in [0.25, 0.3) is 0 Å². The van der Waals surface area contributed by atoms with E-state index in [-0.39, 0.29) is 5.75 Å². The standard InChI is InChI=1S/C21H19NO2S/c1-24-20-9-5-6-17(21(20)23)14-22-18-12-10-16(11-13-18)15-25-19-7-3-2-4-8-19/h2-14,23H,15H2,1H3. The molecule has 0 unspecified atom stereocenters. The van der Waals surface area contributed by atoms with E-state index in [0.717, 1.165) is 11.4 Å². The third-order valence-electron chi connectivity index (χ3n) is 3.69. The second kappa shape index (κ2) is 8.40. The Labute approximate surface area is 152 Å². The van der Waals surface area contributed by atoms with Crippen molar-refractivity contribution in [1.82, 2.24) is 0 Å². The van der Waals surface area contributed by atoms with Gasteiger partial charge in [-0.1, -0.05) is 36.4 Å². The van der Waals surface area contributed by atoms with E-state index >= 15 is 0 Å². The summed E-state index contributed by atoms with van der Waals surface area (Å²) in [5.41, 5.74) is 2.72. The number of phenolic OH excluding ortho intramolecular Hbond substituents is 1. The Hall–Kier alpha value is -2.72. The van der Waals surface area contributed by atoms with Crippen molar-refractivity contribution in [3.8, 4) is 11.5 Å². The molecule has 0 aliphatic carbocycles. The minimum atomic E-state index is 0.102. The maximum atomic E-state index is 10.1. The predicted molar refractivity (Wildman–Crippen MR) is 104 cm³/mol. The molecule has 1 N–H and O–H groups in total. The van der Waals surface area contributed by atoms with Crippen LogP contribution in [-0.2, 0) is 5.75 Å². The Bertz CT molecular complexity index is 846. The van der Waals surface area contributed by atoms with Gasteiger partial charge in [-0.2, -0.15) is 0 Å². The second-order valence-corrected chi connectivity index (χ2v) is 6.47. The molecule has 3 nitrogen and oxygen atoms in total. The van der Waals surface area contributed by atoms with Gasteiger partial charge in [0.2, 0.25) is 0 Å². The van der Waals surface area contributed by atoms with Crippen molar-refractivity contribution in [2.75, 3.05) is 7.11 Å². The maximum Gasteiger partial charge on any atom is 0.166 e. The van der Waals surface area contributed by atoms with Gasteiger partial charge in [0.1, 0.15) is 0 Å². The lowest BCUT2D eigenvalue weighted by Crippen LogP contribution is -1.88. The van der Waals surface area contributed by atoms with Gasteiger partial charge >= 0.3 is 0 Å². The molecule has 0 amide bonds. The highest BCUT2D eigenvalue weighted by Gasteiger charge is 2.04. The third-order valence-corrected chi connectivity index (χ3v) is 4.77. The van der Waals surface area contributed by atoms with Gasteiger partial charge in [0, 0.05) is 22.4 Å². The monoisotopic (exact) mass is 349 g/mol. The highest BCUT2D eigenvalue weighted by molar-refractivity contribution is 7.98. The van der Waals surface area contributed by atoms with Crippen LogP contribution in [-0.4, -0.2) is 18.4 Å². The summed E-state index contributed by atoms with van der Waals surface area (Å²) in [5, 5.41) is 10.1. The molecule has 4 heteroatoms. The van der Waals surface area contributed by atoms with Crippen molar-refractivity contribution in [3.05, 3.63) is 83.9 Å². The number of para-hydroxylation sites is 1. The van der Waals surface area contributed by atoms with Crippen LogP contribution in [0.1, 0.15) is 11.1 Å². The lowest BCUT2D eigenvalue weighted by Gasteiger charge is -2.05. The van der Waals surface area contributed by atoms with Crippen molar-refractivity contribution >= 4 is 23.7 Å². The first-order valence-electron chi connectivity index (χ1n) is 7.93. The molecule has 3 aromatic rings. The van der Waals surface area contributed by atoms with Gasteiger partial charge in [-0.05, 0) is 42.0 Å². The molecular formula is C21H19NO2S. The second-order valence-electron chi connectivity index (χ2n) is 5.42. The number of benzene rings is 3. The first kappa shape index (κ1) is 17.1. The van der Waals surface area contributed by atoms with Gasteiger partial charge in [-0.3, -0.25) is 4.99 Å². The molecule has 0 aliphatic heterocycles. The number of methoxy groups -OCH3 is 1. The van der Waals surface area contributed by atoms with E-state index in [0.29, 0.717) is 11.3 Å². The zero-order valence-corrected chi connectivity index (χ0v) is 14.7. The highest BCUT2D eigenvalue weighted by Crippen LogP contribution is 2.29. The summed E-state index contributed by atoms with van der Waals surface area (Å²) in [6.07, 6.45) is 1.64. The molecular weight excluding hydrogens is 330 g/mol. The minimum Gasteiger partial charge on any atom is -0.504 e. The molecule has 0 radical (unpaired) electrons. The van der Waals surface area contributed by atoms with Crippen molar-refractivity contribution in [2.45, 2.75) is 10.6 Å². The van der Waals surface area contributed by atoms with E-state index in [1.54, 1.807) is 18.3 Å².